The number of hydrogen-bond donors (Lipinski definition) is 2. The summed E-state index contributed by atoms with van der Waals surface area (Å²) >= 11 is 0. The monoisotopic (exact) mass is 793 g/mol. The summed E-state index contributed by atoms with van der Waals surface area (Å²) in [5.41, 5.74) is 7.00. The summed E-state index contributed by atoms with van der Waals surface area (Å²) in [6.07, 6.45) is 3.94. The Balaban J connectivity index is 0.730. The Morgan fingerprint density at radius 2 is 1.41 bits per heavy atom. The maximum absolute atomic E-state index is 13.8. The summed E-state index contributed by atoms with van der Waals surface area (Å²) in [6.45, 7) is 5.04. The van der Waals surface area contributed by atoms with Gasteiger partial charge in [-0.1, -0.05) is 48.5 Å². The number of carbonyl (C=O) groups is 5. The maximum Gasteiger partial charge on any atom is 0.262 e. The maximum atomic E-state index is 13.8. The van der Waals surface area contributed by atoms with Crippen LogP contribution in [0.1, 0.15) is 98.9 Å². The van der Waals surface area contributed by atoms with E-state index in [4.69, 9.17) is 4.74 Å². The highest BCUT2D eigenvalue weighted by molar-refractivity contribution is 6.23. The van der Waals surface area contributed by atoms with Gasteiger partial charge in [0.15, 0.2) is 0 Å². The van der Waals surface area contributed by atoms with E-state index in [1.165, 1.54) is 16.8 Å². The molecule has 6 heterocycles. The molecule has 0 aliphatic carbocycles. The Labute approximate surface area is 342 Å². The summed E-state index contributed by atoms with van der Waals surface area (Å²) in [7, 11) is 0. The Kier molecular flexibility index (Phi) is 9.46. The molecule has 6 aliphatic heterocycles. The predicted molar refractivity (Wildman–Crippen MR) is 218 cm³/mol. The zero-order valence-corrected chi connectivity index (χ0v) is 32.8. The molecule has 0 radical (unpaired) electrons. The van der Waals surface area contributed by atoms with Crippen LogP contribution < -0.4 is 15.0 Å². The molecule has 5 amide bonds. The summed E-state index contributed by atoms with van der Waals surface area (Å²) in [5.74, 6) is -0.815. The number of phenols is 1. The quantitative estimate of drug-likeness (QED) is 0.248. The number of fused-ring (bicyclic) bond motifs is 3. The average Bonchev–Trinajstić information content (AvgIpc) is 3.79. The number of hydrogen-bond acceptors (Lipinski definition) is 9. The van der Waals surface area contributed by atoms with Gasteiger partial charge in [-0.15, -0.1) is 0 Å². The van der Waals surface area contributed by atoms with Crippen LogP contribution in [0.2, 0.25) is 0 Å². The lowest BCUT2D eigenvalue weighted by Crippen LogP contribution is -2.54. The van der Waals surface area contributed by atoms with Crippen molar-refractivity contribution in [2.45, 2.75) is 75.5 Å². The molecule has 3 saturated heterocycles. The van der Waals surface area contributed by atoms with Gasteiger partial charge in [0.05, 0.1) is 17.7 Å². The standard InChI is InChI=1S/C47H47N5O7/c53-35-10-11-36-41(24-35)59-27-39(28-4-2-1-3-5-28)43(36)29-6-8-33(9-7-29)50-20-16-34(17-21-50)49-18-14-30(15-19-49)45(56)51-25-31-22-37-38(23-32(31)26-51)47(58)52(46(37)57)40-12-13-42(54)48-44(40)55/h1-11,22-24,30,34,39-40,43,53H,12-21,25-27H2,(H,48,54,55)/t39-,40?,43-/m1/s1. The van der Waals surface area contributed by atoms with E-state index >= 15 is 0 Å². The van der Waals surface area contributed by atoms with Gasteiger partial charge < -0.3 is 24.5 Å². The molecule has 10 rings (SSSR count). The Morgan fingerprint density at radius 3 is 2.07 bits per heavy atom. The van der Waals surface area contributed by atoms with Gasteiger partial charge in [-0.05, 0) is 97.8 Å². The number of rotatable bonds is 6. The van der Waals surface area contributed by atoms with Crippen molar-refractivity contribution in [2.24, 2.45) is 5.92 Å². The summed E-state index contributed by atoms with van der Waals surface area (Å²) in [5, 5.41) is 12.4. The number of nitrogens with zero attached hydrogens (tertiary/aromatic N) is 4. The molecule has 0 saturated carbocycles. The molecule has 302 valence electrons. The van der Waals surface area contributed by atoms with E-state index in [9.17, 15) is 29.1 Å². The van der Waals surface area contributed by atoms with E-state index in [-0.39, 0.29) is 53.4 Å². The molecular weight excluding hydrogens is 747 g/mol. The van der Waals surface area contributed by atoms with Crippen LogP contribution in [0.3, 0.4) is 0 Å². The minimum atomic E-state index is -1.00. The fourth-order valence-corrected chi connectivity index (χ4v) is 10.5. The fraction of sp³-hybridized carbons (Fsp3) is 0.383. The van der Waals surface area contributed by atoms with Gasteiger partial charge in [-0.25, -0.2) is 0 Å². The zero-order valence-electron chi connectivity index (χ0n) is 32.8. The van der Waals surface area contributed by atoms with Crippen molar-refractivity contribution in [3.05, 3.63) is 124 Å². The smallest absolute Gasteiger partial charge is 0.262 e. The third-order valence-electron chi connectivity index (χ3n) is 13.7. The summed E-state index contributed by atoms with van der Waals surface area (Å²) < 4.78 is 6.17. The van der Waals surface area contributed by atoms with E-state index in [0.717, 1.165) is 79.2 Å². The van der Waals surface area contributed by atoms with Crippen LogP contribution in [-0.4, -0.2) is 94.2 Å². The summed E-state index contributed by atoms with van der Waals surface area (Å²) in [4.78, 5) is 72.5. The SMILES string of the molecule is O=C1CCC(N2C(=O)c3cc4c(cc3C2=O)CN(C(=O)C2CCN(C3CCN(c5ccc([C@@H]6c7ccc(O)cc7OC[C@@H]6c6ccccc6)cc5)CC3)CC2)C4)C(=O)N1. The lowest BCUT2D eigenvalue weighted by Gasteiger charge is -2.42. The van der Waals surface area contributed by atoms with Crippen LogP contribution in [0, 0.1) is 5.92 Å². The van der Waals surface area contributed by atoms with E-state index < -0.39 is 29.7 Å². The number of likely N-dealkylation sites (tertiary alicyclic amines) is 1. The van der Waals surface area contributed by atoms with E-state index in [0.29, 0.717) is 25.7 Å². The molecule has 2 N–H and O–H groups in total. The van der Waals surface area contributed by atoms with Gasteiger partial charge in [0, 0.05) is 73.7 Å². The topological polar surface area (TPSA) is 140 Å². The van der Waals surface area contributed by atoms with Gasteiger partial charge in [0.25, 0.3) is 11.8 Å². The second kappa shape index (κ2) is 15.0. The Morgan fingerprint density at radius 1 is 0.729 bits per heavy atom. The molecule has 12 heteroatoms. The third kappa shape index (κ3) is 6.73. The van der Waals surface area contributed by atoms with Crippen LogP contribution in [0.4, 0.5) is 5.69 Å². The van der Waals surface area contributed by atoms with Crippen LogP contribution in [0.5, 0.6) is 11.5 Å². The van der Waals surface area contributed by atoms with E-state index in [1.54, 1.807) is 24.3 Å². The minimum Gasteiger partial charge on any atom is -0.508 e. The first kappa shape index (κ1) is 37.3. The molecule has 0 bridgehead atoms. The molecule has 3 fully saturated rings. The number of piperidine rings is 3. The molecular formula is C47H47N5O7. The number of phenolic OH excluding ortho intramolecular Hbond substituents is 1. The van der Waals surface area contributed by atoms with Crippen molar-refractivity contribution >= 4 is 35.2 Å². The number of imide groups is 2. The Hall–Kier alpha value is -6.01. The molecule has 3 atom stereocenters. The third-order valence-corrected chi connectivity index (χ3v) is 13.7. The number of benzene rings is 4. The van der Waals surface area contributed by atoms with Crippen LogP contribution >= 0.6 is 0 Å². The number of ether oxygens (including phenoxy) is 1. The van der Waals surface area contributed by atoms with E-state index in [1.807, 2.05) is 17.0 Å². The minimum absolute atomic E-state index is 0.0628. The van der Waals surface area contributed by atoms with Gasteiger partial charge in [-0.3, -0.25) is 34.2 Å². The van der Waals surface area contributed by atoms with Crippen molar-refractivity contribution in [3.63, 3.8) is 0 Å². The second-order valence-corrected chi connectivity index (χ2v) is 17.0. The first-order chi connectivity index (χ1) is 28.7. The highest BCUT2D eigenvalue weighted by Crippen LogP contribution is 2.47. The molecule has 59 heavy (non-hydrogen) atoms. The highest BCUT2D eigenvalue weighted by Gasteiger charge is 2.46. The van der Waals surface area contributed by atoms with Crippen LogP contribution in [-0.2, 0) is 27.5 Å². The van der Waals surface area contributed by atoms with Gasteiger partial charge in [0.2, 0.25) is 17.7 Å². The number of nitrogens with one attached hydrogen (secondary N) is 1. The molecule has 4 aromatic rings. The highest BCUT2D eigenvalue weighted by atomic mass is 16.5. The lowest BCUT2D eigenvalue weighted by atomic mass is 9.76. The lowest BCUT2D eigenvalue weighted by molar-refractivity contribution is -0.138. The van der Waals surface area contributed by atoms with Crippen molar-refractivity contribution in [2.75, 3.05) is 37.7 Å². The second-order valence-electron chi connectivity index (χ2n) is 17.0. The molecule has 6 aliphatic rings. The Bertz CT molecular complexity index is 2310. The molecule has 1 unspecified atom stereocenters. The van der Waals surface area contributed by atoms with Gasteiger partial charge >= 0.3 is 0 Å². The fourth-order valence-electron chi connectivity index (χ4n) is 10.5. The molecule has 12 nitrogen and oxygen atoms in total. The molecule has 4 aromatic carbocycles. The number of carbonyl (C=O) groups excluding carboxylic acids is 5. The van der Waals surface area contributed by atoms with Gasteiger partial charge in [-0.2, -0.15) is 0 Å². The first-order valence-electron chi connectivity index (χ1n) is 21.0. The molecule has 0 spiro atoms. The average molecular weight is 794 g/mol. The van der Waals surface area contributed by atoms with Crippen molar-refractivity contribution in [1.82, 2.24) is 20.0 Å². The predicted octanol–water partition coefficient (Wildman–Crippen LogP) is 5.32. The van der Waals surface area contributed by atoms with Crippen molar-refractivity contribution in [3.8, 4) is 11.5 Å². The van der Waals surface area contributed by atoms with Crippen LogP contribution in [0.25, 0.3) is 0 Å². The number of amides is 5. The molecule has 0 aromatic heterocycles. The first-order valence-corrected chi connectivity index (χ1v) is 21.0. The largest absolute Gasteiger partial charge is 0.508 e. The number of aromatic hydroxyl groups is 1. The van der Waals surface area contributed by atoms with Crippen molar-refractivity contribution < 1.29 is 33.8 Å². The normalized spacial score (nSPS) is 23.8. The van der Waals surface area contributed by atoms with Gasteiger partial charge in [0.1, 0.15) is 17.5 Å². The zero-order chi connectivity index (χ0) is 40.4. The summed E-state index contributed by atoms with van der Waals surface area (Å²) in [6, 6.07) is 27.9. The number of anilines is 1. The van der Waals surface area contributed by atoms with E-state index in [2.05, 4.69) is 63.6 Å². The van der Waals surface area contributed by atoms with Crippen molar-refractivity contribution in [1.29, 1.82) is 0 Å². The van der Waals surface area contributed by atoms with Crippen LogP contribution in [0.15, 0.2) is 84.9 Å².